The molecule has 0 aliphatic rings. The van der Waals surface area contributed by atoms with Gasteiger partial charge in [-0.05, 0) is 32.1 Å². The maximum Gasteiger partial charge on any atom is 0.328 e. The van der Waals surface area contributed by atoms with Gasteiger partial charge in [-0.3, -0.25) is 4.79 Å². The number of aliphatic carboxylic acids is 1. The summed E-state index contributed by atoms with van der Waals surface area (Å²) in [7, 11) is 0. The number of carboxylic acids is 1. The van der Waals surface area contributed by atoms with Crippen molar-refractivity contribution < 1.29 is 19.8 Å². The fourth-order valence-electron chi connectivity index (χ4n) is 2.98. The van der Waals surface area contributed by atoms with E-state index in [1.54, 1.807) is 6.92 Å². The van der Waals surface area contributed by atoms with Crippen molar-refractivity contribution in [3.05, 3.63) is 12.2 Å². The number of allylic oxidation sites excluding steroid dienone is 2. The van der Waals surface area contributed by atoms with Crippen LogP contribution in [0.1, 0.15) is 97.3 Å². The second kappa shape index (κ2) is 18.0. The number of hydrogen-bond acceptors (Lipinski definition) is 3. The smallest absolute Gasteiger partial charge is 0.328 e. The minimum absolute atomic E-state index is 0.226. The molecule has 5 nitrogen and oxygen atoms in total. The molecule has 0 aromatic carbocycles. The number of aliphatic hydroxyl groups is 1. The van der Waals surface area contributed by atoms with E-state index >= 15 is 0 Å². The lowest BCUT2D eigenvalue weighted by Gasteiger charge is -2.16. The van der Waals surface area contributed by atoms with E-state index in [4.69, 9.17) is 10.2 Å². The summed E-state index contributed by atoms with van der Waals surface area (Å²) in [6.07, 6.45) is 20.1. The second-order valence-electron chi connectivity index (χ2n) is 7.50. The molecule has 0 saturated heterocycles. The van der Waals surface area contributed by atoms with Gasteiger partial charge in [0.15, 0.2) is 0 Å². The van der Waals surface area contributed by atoms with Gasteiger partial charge in [0.25, 0.3) is 0 Å². The molecule has 1 amide bonds. The van der Waals surface area contributed by atoms with Gasteiger partial charge in [-0.15, -0.1) is 0 Å². The summed E-state index contributed by atoms with van der Waals surface area (Å²) in [4.78, 5) is 22.7. The number of unbranched alkanes of at least 4 members (excludes halogenated alkanes) is 10. The van der Waals surface area contributed by atoms with Crippen molar-refractivity contribution in [1.29, 1.82) is 0 Å². The fraction of sp³-hybridized carbons (Fsp3) is 0.818. The number of rotatable bonds is 18. The van der Waals surface area contributed by atoms with Crippen LogP contribution in [-0.2, 0) is 9.59 Å². The topological polar surface area (TPSA) is 86.6 Å². The number of carbonyl (C=O) groups excluding carboxylic acids is 1. The summed E-state index contributed by atoms with van der Waals surface area (Å²) in [5, 5.41) is 20.1. The van der Waals surface area contributed by atoms with Gasteiger partial charge in [-0.25, -0.2) is 4.79 Å². The van der Waals surface area contributed by atoms with E-state index in [0.717, 1.165) is 32.1 Å². The van der Waals surface area contributed by atoms with Gasteiger partial charge < -0.3 is 15.5 Å². The molecular weight excluding hydrogens is 342 g/mol. The maximum absolute atomic E-state index is 11.9. The fourth-order valence-corrected chi connectivity index (χ4v) is 2.98. The Morgan fingerprint density at radius 1 is 0.889 bits per heavy atom. The Hall–Kier alpha value is -1.36. The Morgan fingerprint density at radius 3 is 1.93 bits per heavy atom. The van der Waals surface area contributed by atoms with Crippen LogP contribution in [0.4, 0.5) is 0 Å². The first-order valence-electron chi connectivity index (χ1n) is 10.8. The van der Waals surface area contributed by atoms with Crippen molar-refractivity contribution in [3.63, 3.8) is 0 Å². The summed E-state index contributed by atoms with van der Waals surface area (Å²) < 4.78 is 0. The van der Waals surface area contributed by atoms with Gasteiger partial charge in [0, 0.05) is 5.92 Å². The lowest BCUT2D eigenvalue weighted by atomic mass is 10.0. The molecule has 0 rings (SSSR count). The second-order valence-corrected chi connectivity index (χ2v) is 7.50. The van der Waals surface area contributed by atoms with Crippen molar-refractivity contribution in [2.75, 3.05) is 6.61 Å². The molecule has 0 aliphatic carbocycles. The molecule has 0 radical (unpaired) electrons. The Bertz CT molecular complexity index is 409. The quantitative estimate of drug-likeness (QED) is 0.234. The predicted molar refractivity (Wildman–Crippen MR) is 111 cm³/mol. The van der Waals surface area contributed by atoms with Gasteiger partial charge in [-0.1, -0.05) is 77.4 Å². The van der Waals surface area contributed by atoms with Crippen molar-refractivity contribution in [1.82, 2.24) is 5.32 Å². The largest absolute Gasteiger partial charge is 0.480 e. The highest BCUT2D eigenvalue weighted by molar-refractivity contribution is 5.84. The third-order valence-electron chi connectivity index (χ3n) is 4.89. The molecule has 0 spiro atoms. The van der Waals surface area contributed by atoms with Crippen LogP contribution in [0.15, 0.2) is 12.2 Å². The molecule has 1 unspecified atom stereocenters. The van der Waals surface area contributed by atoms with Crippen molar-refractivity contribution in [2.24, 2.45) is 5.92 Å². The lowest BCUT2D eigenvalue weighted by Crippen LogP contribution is -2.45. The first-order chi connectivity index (χ1) is 13.0. The van der Waals surface area contributed by atoms with Crippen molar-refractivity contribution in [3.8, 4) is 0 Å². The Kier molecular flexibility index (Phi) is 17.1. The number of hydrogen-bond donors (Lipinski definition) is 3. The number of carboxylic acid groups (broad SMARTS) is 1. The van der Waals surface area contributed by atoms with E-state index in [9.17, 15) is 9.59 Å². The molecule has 0 saturated carbocycles. The zero-order chi connectivity index (χ0) is 20.3. The van der Waals surface area contributed by atoms with Crippen LogP contribution in [0.5, 0.6) is 0 Å². The summed E-state index contributed by atoms with van der Waals surface area (Å²) in [5.74, 6) is -1.73. The zero-order valence-electron chi connectivity index (χ0n) is 17.4. The van der Waals surface area contributed by atoms with E-state index in [2.05, 4.69) is 24.4 Å². The summed E-state index contributed by atoms with van der Waals surface area (Å²) >= 11 is 0. The van der Waals surface area contributed by atoms with Crippen LogP contribution in [0.2, 0.25) is 0 Å². The number of amides is 1. The van der Waals surface area contributed by atoms with Crippen LogP contribution in [0.25, 0.3) is 0 Å². The summed E-state index contributed by atoms with van der Waals surface area (Å²) in [5.41, 5.74) is 0. The SMILES string of the molecule is CCCCCCCCC=CCCCCCCC(C)C(=O)N[C@@H](CO)C(=O)O. The van der Waals surface area contributed by atoms with Gasteiger partial charge >= 0.3 is 5.97 Å². The van der Waals surface area contributed by atoms with Crippen LogP contribution >= 0.6 is 0 Å². The molecule has 0 heterocycles. The van der Waals surface area contributed by atoms with E-state index in [0.29, 0.717) is 0 Å². The highest BCUT2D eigenvalue weighted by Gasteiger charge is 2.21. The third kappa shape index (κ3) is 15.4. The normalized spacial score (nSPS) is 13.6. The standard InChI is InChI=1S/C22H41NO4/c1-3-4-5-6-7-8-9-10-11-12-13-14-15-16-17-19(2)21(25)23-20(18-24)22(26)27/h10-11,19-20,24H,3-9,12-18H2,1-2H3,(H,23,25)(H,26,27)/t19?,20-/m0/s1. The first-order valence-corrected chi connectivity index (χ1v) is 10.8. The molecule has 2 atom stereocenters. The molecular formula is C22H41NO4. The van der Waals surface area contributed by atoms with Gasteiger partial charge in [-0.2, -0.15) is 0 Å². The van der Waals surface area contributed by atoms with Gasteiger partial charge in [0.05, 0.1) is 6.61 Å². The minimum Gasteiger partial charge on any atom is -0.480 e. The first kappa shape index (κ1) is 25.6. The predicted octanol–water partition coefficient (Wildman–Crippen LogP) is 4.83. The highest BCUT2D eigenvalue weighted by atomic mass is 16.4. The number of nitrogens with one attached hydrogen (secondary N) is 1. The number of aliphatic hydroxyl groups excluding tert-OH is 1. The van der Waals surface area contributed by atoms with Crippen LogP contribution < -0.4 is 5.32 Å². The van der Waals surface area contributed by atoms with E-state index in [1.807, 2.05) is 0 Å². The third-order valence-corrected chi connectivity index (χ3v) is 4.89. The van der Waals surface area contributed by atoms with Crippen LogP contribution in [0.3, 0.4) is 0 Å². The Labute approximate surface area is 165 Å². The average Bonchev–Trinajstić information content (AvgIpc) is 2.65. The molecule has 0 aliphatic heterocycles. The van der Waals surface area contributed by atoms with Crippen LogP contribution in [-0.4, -0.2) is 34.7 Å². The molecule has 3 N–H and O–H groups in total. The van der Waals surface area contributed by atoms with Crippen molar-refractivity contribution >= 4 is 11.9 Å². The van der Waals surface area contributed by atoms with E-state index in [1.165, 1.54) is 51.4 Å². The van der Waals surface area contributed by atoms with Crippen LogP contribution in [0, 0.1) is 5.92 Å². The number of carbonyl (C=O) groups is 2. The van der Waals surface area contributed by atoms with Gasteiger partial charge in [0.2, 0.25) is 5.91 Å². The summed E-state index contributed by atoms with van der Waals surface area (Å²) in [6, 6.07) is -1.21. The average molecular weight is 384 g/mol. The highest BCUT2D eigenvalue weighted by Crippen LogP contribution is 2.12. The molecule has 0 aromatic heterocycles. The molecule has 0 fully saturated rings. The van der Waals surface area contributed by atoms with Gasteiger partial charge in [0.1, 0.15) is 6.04 Å². The Balaban J connectivity index is 3.53. The molecule has 5 heteroatoms. The Morgan fingerprint density at radius 2 is 1.41 bits per heavy atom. The molecule has 158 valence electrons. The molecule has 0 bridgehead atoms. The summed E-state index contributed by atoms with van der Waals surface area (Å²) in [6.45, 7) is 3.46. The minimum atomic E-state index is -1.21. The lowest BCUT2D eigenvalue weighted by molar-refractivity contribution is -0.143. The molecule has 0 aromatic rings. The zero-order valence-corrected chi connectivity index (χ0v) is 17.4. The monoisotopic (exact) mass is 383 g/mol. The van der Waals surface area contributed by atoms with E-state index in [-0.39, 0.29) is 11.8 Å². The molecule has 27 heavy (non-hydrogen) atoms. The maximum atomic E-state index is 11.9. The van der Waals surface area contributed by atoms with E-state index < -0.39 is 18.6 Å². The van der Waals surface area contributed by atoms with Crippen molar-refractivity contribution in [2.45, 2.75) is 103 Å².